The lowest BCUT2D eigenvalue weighted by Gasteiger charge is -2.21. The fraction of sp³-hybridized carbons (Fsp3) is 0.467. The van der Waals surface area contributed by atoms with Crippen molar-refractivity contribution < 1.29 is 18.0 Å². The quantitative estimate of drug-likeness (QED) is 0.560. The van der Waals surface area contributed by atoms with E-state index in [9.17, 15) is 18.0 Å². The zero-order chi connectivity index (χ0) is 18.5. The Bertz CT molecular complexity index is 730. The van der Waals surface area contributed by atoms with E-state index in [-0.39, 0.29) is 30.4 Å². The third kappa shape index (κ3) is 7.82. The molecular formula is C15H25ClN4O4S. The second-order valence-electron chi connectivity index (χ2n) is 6.36. The molecular weight excluding hydrogens is 368 g/mol. The summed E-state index contributed by atoms with van der Waals surface area (Å²) >= 11 is 0. The highest BCUT2D eigenvalue weighted by Gasteiger charge is 2.24. The molecule has 5 N–H and O–H groups in total. The summed E-state index contributed by atoms with van der Waals surface area (Å²) in [7, 11) is -3.72. The Morgan fingerprint density at radius 2 is 1.76 bits per heavy atom. The molecule has 0 aliphatic carbocycles. The first-order valence-corrected chi connectivity index (χ1v) is 8.84. The molecule has 0 saturated heterocycles. The number of halogens is 1. The minimum absolute atomic E-state index is 0. The van der Waals surface area contributed by atoms with E-state index in [1.807, 2.05) is 0 Å². The van der Waals surface area contributed by atoms with Crippen molar-refractivity contribution in [2.75, 3.05) is 18.4 Å². The van der Waals surface area contributed by atoms with Crippen LogP contribution in [-0.2, 0) is 19.6 Å². The standard InChI is InChI=1S/C15H24N4O4S.ClH/c1-10-5-6-11(18-14(21)9-17-13(20)8-16)7-12(10)24(22,23)19-15(2,3)4;/h5-7,19H,8-9,16H2,1-4H3,(H,17,20)(H,18,21);1H. The van der Waals surface area contributed by atoms with Crippen LogP contribution in [0.2, 0.25) is 0 Å². The molecule has 1 aromatic rings. The summed E-state index contributed by atoms with van der Waals surface area (Å²) in [6, 6.07) is 4.57. The number of carbonyl (C=O) groups is 2. The van der Waals surface area contributed by atoms with Crippen LogP contribution in [0.5, 0.6) is 0 Å². The van der Waals surface area contributed by atoms with Gasteiger partial charge in [-0.25, -0.2) is 13.1 Å². The van der Waals surface area contributed by atoms with Crippen molar-refractivity contribution >= 4 is 39.9 Å². The van der Waals surface area contributed by atoms with E-state index in [1.165, 1.54) is 6.07 Å². The smallest absolute Gasteiger partial charge is 0.243 e. The monoisotopic (exact) mass is 392 g/mol. The number of sulfonamides is 1. The summed E-state index contributed by atoms with van der Waals surface area (Å²) in [5.74, 6) is -0.931. The minimum atomic E-state index is -3.72. The van der Waals surface area contributed by atoms with Gasteiger partial charge in [0.15, 0.2) is 0 Å². The second-order valence-corrected chi connectivity index (χ2v) is 8.02. The molecule has 0 unspecified atom stereocenters. The number of anilines is 1. The van der Waals surface area contributed by atoms with E-state index in [2.05, 4.69) is 15.4 Å². The van der Waals surface area contributed by atoms with E-state index in [1.54, 1.807) is 39.8 Å². The molecule has 0 spiro atoms. The van der Waals surface area contributed by atoms with Gasteiger partial charge in [-0.05, 0) is 45.4 Å². The van der Waals surface area contributed by atoms with E-state index >= 15 is 0 Å². The molecule has 0 aliphatic heterocycles. The molecule has 1 rings (SSSR count). The summed E-state index contributed by atoms with van der Waals surface area (Å²) in [5.41, 5.74) is 5.38. The van der Waals surface area contributed by atoms with Crippen LogP contribution in [0.4, 0.5) is 5.69 Å². The first-order valence-electron chi connectivity index (χ1n) is 7.36. The number of carbonyl (C=O) groups excluding carboxylic acids is 2. The average Bonchev–Trinajstić information content (AvgIpc) is 2.44. The first kappa shape index (κ1) is 23.3. The van der Waals surface area contributed by atoms with Crippen LogP contribution in [0.1, 0.15) is 26.3 Å². The largest absolute Gasteiger partial charge is 0.346 e. The molecule has 0 saturated carbocycles. The Balaban J connectivity index is 0.00000576. The summed E-state index contributed by atoms with van der Waals surface area (Å²) in [6.07, 6.45) is 0. The maximum atomic E-state index is 12.5. The van der Waals surface area contributed by atoms with E-state index in [4.69, 9.17) is 5.73 Å². The van der Waals surface area contributed by atoms with Gasteiger partial charge in [-0.2, -0.15) is 0 Å². The molecule has 142 valence electrons. The summed E-state index contributed by atoms with van der Waals surface area (Å²) in [6.45, 7) is 6.44. The molecule has 0 atom stereocenters. The van der Waals surface area contributed by atoms with E-state index in [0.29, 0.717) is 11.3 Å². The summed E-state index contributed by atoms with van der Waals surface area (Å²) in [4.78, 5) is 22.9. The Labute approximate surface area is 154 Å². The Hall–Kier alpha value is -1.68. The van der Waals surface area contributed by atoms with Crippen LogP contribution >= 0.6 is 12.4 Å². The van der Waals surface area contributed by atoms with Gasteiger partial charge >= 0.3 is 0 Å². The molecule has 0 bridgehead atoms. The van der Waals surface area contributed by atoms with Crippen LogP contribution in [0.3, 0.4) is 0 Å². The SMILES string of the molecule is Cc1ccc(NC(=O)CNC(=O)CN)cc1S(=O)(=O)NC(C)(C)C.Cl. The molecule has 10 heteroatoms. The first-order chi connectivity index (χ1) is 10.9. The molecule has 0 fully saturated rings. The molecule has 0 radical (unpaired) electrons. The fourth-order valence-corrected chi connectivity index (χ4v) is 3.57. The van der Waals surface area contributed by atoms with Crippen LogP contribution in [0.15, 0.2) is 23.1 Å². The van der Waals surface area contributed by atoms with Crippen molar-refractivity contribution in [3.63, 3.8) is 0 Å². The number of hydrogen-bond acceptors (Lipinski definition) is 5. The van der Waals surface area contributed by atoms with E-state index < -0.39 is 27.4 Å². The van der Waals surface area contributed by atoms with Gasteiger partial charge in [0, 0.05) is 11.2 Å². The summed E-state index contributed by atoms with van der Waals surface area (Å²) < 4.78 is 27.5. The van der Waals surface area contributed by atoms with Crippen LogP contribution in [0, 0.1) is 6.92 Å². The molecule has 8 nitrogen and oxygen atoms in total. The predicted octanol–water partition coefficient (Wildman–Crippen LogP) is 0.507. The maximum Gasteiger partial charge on any atom is 0.243 e. The molecule has 0 aliphatic rings. The zero-order valence-corrected chi connectivity index (χ0v) is 16.3. The zero-order valence-electron chi connectivity index (χ0n) is 14.7. The highest BCUT2D eigenvalue weighted by Crippen LogP contribution is 2.21. The lowest BCUT2D eigenvalue weighted by Crippen LogP contribution is -2.40. The second kappa shape index (κ2) is 9.14. The van der Waals surface area contributed by atoms with Crippen LogP contribution in [-0.4, -0.2) is 38.9 Å². The van der Waals surface area contributed by atoms with Crippen molar-refractivity contribution in [1.29, 1.82) is 0 Å². The molecule has 1 aromatic carbocycles. The lowest BCUT2D eigenvalue weighted by atomic mass is 10.1. The lowest BCUT2D eigenvalue weighted by molar-refractivity contribution is -0.123. The van der Waals surface area contributed by atoms with Gasteiger partial charge in [-0.1, -0.05) is 6.07 Å². The van der Waals surface area contributed by atoms with Crippen molar-refractivity contribution in [1.82, 2.24) is 10.0 Å². The average molecular weight is 393 g/mol. The van der Waals surface area contributed by atoms with Crippen molar-refractivity contribution in [2.45, 2.75) is 38.1 Å². The molecule has 2 amide bonds. The van der Waals surface area contributed by atoms with Gasteiger partial charge < -0.3 is 16.4 Å². The number of amides is 2. The number of nitrogens with two attached hydrogens (primary N) is 1. The van der Waals surface area contributed by atoms with Crippen LogP contribution < -0.4 is 21.1 Å². The molecule has 0 aromatic heterocycles. The van der Waals surface area contributed by atoms with Gasteiger partial charge in [0.25, 0.3) is 0 Å². The third-order valence-corrected chi connectivity index (χ3v) is 4.73. The molecule has 25 heavy (non-hydrogen) atoms. The third-order valence-electron chi connectivity index (χ3n) is 2.83. The number of hydrogen-bond donors (Lipinski definition) is 4. The Morgan fingerprint density at radius 3 is 2.28 bits per heavy atom. The van der Waals surface area contributed by atoms with Gasteiger partial charge in [0.1, 0.15) is 0 Å². The topological polar surface area (TPSA) is 130 Å². The normalized spacial score (nSPS) is 11.4. The number of aryl methyl sites for hydroxylation is 1. The van der Waals surface area contributed by atoms with Gasteiger partial charge in [0.05, 0.1) is 18.0 Å². The van der Waals surface area contributed by atoms with Crippen molar-refractivity contribution in [3.8, 4) is 0 Å². The maximum absolute atomic E-state index is 12.5. The van der Waals surface area contributed by atoms with Crippen molar-refractivity contribution in [3.05, 3.63) is 23.8 Å². The Kier molecular flexibility index (Phi) is 8.52. The number of benzene rings is 1. The predicted molar refractivity (Wildman–Crippen MR) is 99.2 cm³/mol. The highest BCUT2D eigenvalue weighted by molar-refractivity contribution is 7.89. The highest BCUT2D eigenvalue weighted by atomic mass is 35.5. The van der Waals surface area contributed by atoms with E-state index in [0.717, 1.165) is 0 Å². The Morgan fingerprint density at radius 1 is 1.16 bits per heavy atom. The fourth-order valence-electron chi connectivity index (χ4n) is 1.88. The molecule has 0 heterocycles. The van der Waals surface area contributed by atoms with Crippen LogP contribution in [0.25, 0.3) is 0 Å². The number of nitrogens with one attached hydrogen (secondary N) is 3. The van der Waals surface area contributed by atoms with Gasteiger partial charge in [-0.3, -0.25) is 9.59 Å². The summed E-state index contributed by atoms with van der Waals surface area (Å²) in [5, 5.41) is 4.87. The minimum Gasteiger partial charge on any atom is -0.346 e. The number of rotatable bonds is 6. The van der Waals surface area contributed by atoms with Gasteiger partial charge in [-0.15, -0.1) is 12.4 Å². The van der Waals surface area contributed by atoms with Gasteiger partial charge in [0.2, 0.25) is 21.8 Å². The van der Waals surface area contributed by atoms with Crippen molar-refractivity contribution in [2.24, 2.45) is 5.73 Å².